The van der Waals surface area contributed by atoms with Crippen molar-refractivity contribution in [2.24, 2.45) is 0 Å². The Kier molecular flexibility index (Phi) is 7.15. The van der Waals surface area contributed by atoms with Gasteiger partial charge in [-0.05, 0) is 63.5 Å². The van der Waals surface area contributed by atoms with Crippen LogP contribution in [0.15, 0.2) is 83.5 Å². The van der Waals surface area contributed by atoms with Gasteiger partial charge in [0.2, 0.25) is 0 Å². The molecule has 1 heterocycles. The van der Waals surface area contributed by atoms with Crippen molar-refractivity contribution in [3.8, 4) is 5.75 Å². The maximum absolute atomic E-state index is 12.6. The topological polar surface area (TPSA) is 56.2 Å². The highest BCUT2D eigenvalue weighted by molar-refractivity contribution is 9.10. The second-order valence-electron chi connectivity index (χ2n) is 7.02. The van der Waals surface area contributed by atoms with Crippen LogP contribution >= 0.6 is 39.1 Å². The first-order valence-electron chi connectivity index (χ1n) is 9.73. The number of para-hydroxylation sites is 1. The summed E-state index contributed by atoms with van der Waals surface area (Å²) in [6.45, 7) is 0.919. The fourth-order valence-corrected chi connectivity index (χ4v) is 3.73. The van der Waals surface area contributed by atoms with Crippen molar-refractivity contribution in [3.05, 3.63) is 110 Å². The number of rotatable bonds is 7. The van der Waals surface area contributed by atoms with Gasteiger partial charge in [0.05, 0.1) is 21.1 Å². The molecule has 162 valence electrons. The Balaban J connectivity index is 1.34. The maximum Gasteiger partial charge on any atom is 0.256 e. The van der Waals surface area contributed by atoms with E-state index in [4.69, 9.17) is 27.9 Å². The van der Waals surface area contributed by atoms with Crippen molar-refractivity contribution in [2.45, 2.75) is 13.2 Å². The fourth-order valence-electron chi connectivity index (χ4n) is 3.01. The van der Waals surface area contributed by atoms with Crippen LogP contribution in [0.1, 0.15) is 21.5 Å². The number of amides is 1. The predicted molar refractivity (Wildman–Crippen MR) is 131 cm³/mol. The molecule has 4 aromatic rings. The van der Waals surface area contributed by atoms with E-state index in [0.717, 1.165) is 21.3 Å². The summed E-state index contributed by atoms with van der Waals surface area (Å²) in [6.07, 6.45) is 1.79. The number of carbonyl (C=O) groups is 1. The quantitative estimate of drug-likeness (QED) is 0.285. The first-order valence-corrected chi connectivity index (χ1v) is 11.3. The van der Waals surface area contributed by atoms with E-state index in [1.165, 1.54) is 0 Å². The molecule has 0 fully saturated rings. The molecular weight excluding hydrogens is 513 g/mol. The van der Waals surface area contributed by atoms with Crippen LogP contribution in [-0.4, -0.2) is 15.7 Å². The lowest BCUT2D eigenvalue weighted by atomic mass is 10.1. The third kappa shape index (κ3) is 5.71. The molecule has 0 aliphatic heterocycles. The van der Waals surface area contributed by atoms with Crippen LogP contribution in [0.25, 0.3) is 0 Å². The molecule has 0 radical (unpaired) electrons. The van der Waals surface area contributed by atoms with Crippen molar-refractivity contribution in [2.75, 3.05) is 5.32 Å². The second-order valence-corrected chi connectivity index (χ2v) is 8.69. The van der Waals surface area contributed by atoms with Gasteiger partial charge in [-0.15, -0.1) is 0 Å². The van der Waals surface area contributed by atoms with E-state index in [0.29, 0.717) is 34.6 Å². The fraction of sp³-hybridized carbons (Fsp3) is 0.0833. The van der Waals surface area contributed by atoms with Gasteiger partial charge in [-0.3, -0.25) is 9.48 Å². The van der Waals surface area contributed by atoms with Crippen LogP contribution in [0.3, 0.4) is 0 Å². The number of halogens is 3. The number of ether oxygens (including phenoxy) is 1. The molecule has 0 spiro atoms. The molecule has 1 amide bonds. The van der Waals surface area contributed by atoms with Crippen LogP contribution in [0.5, 0.6) is 5.75 Å². The molecule has 32 heavy (non-hydrogen) atoms. The highest BCUT2D eigenvalue weighted by Gasteiger charge is 2.09. The first kappa shape index (κ1) is 22.4. The van der Waals surface area contributed by atoms with Gasteiger partial charge in [-0.2, -0.15) is 5.10 Å². The average molecular weight is 531 g/mol. The van der Waals surface area contributed by atoms with Crippen LogP contribution in [-0.2, 0) is 13.2 Å². The summed E-state index contributed by atoms with van der Waals surface area (Å²) >= 11 is 15.5. The van der Waals surface area contributed by atoms with E-state index in [1.807, 2.05) is 42.5 Å². The molecule has 0 atom stereocenters. The van der Waals surface area contributed by atoms with Gasteiger partial charge in [0.1, 0.15) is 12.4 Å². The lowest BCUT2D eigenvalue weighted by Gasteiger charge is -2.08. The van der Waals surface area contributed by atoms with Gasteiger partial charge in [0.25, 0.3) is 5.91 Å². The number of nitrogens with zero attached hydrogens (tertiary/aromatic N) is 2. The second kappa shape index (κ2) is 10.2. The first-order chi connectivity index (χ1) is 15.5. The van der Waals surface area contributed by atoms with E-state index >= 15 is 0 Å². The van der Waals surface area contributed by atoms with Crippen LogP contribution in [0, 0.1) is 0 Å². The van der Waals surface area contributed by atoms with Crippen molar-refractivity contribution in [1.29, 1.82) is 0 Å². The Labute approximate surface area is 204 Å². The number of nitrogens with one attached hydrogen (secondary N) is 1. The number of anilines is 1. The molecule has 3 aromatic carbocycles. The van der Waals surface area contributed by atoms with Crippen molar-refractivity contribution < 1.29 is 9.53 Å². The highest BCUT2D eigenvalue weighted by atomic mass is 79.9. The Morgan fingerprint density at radius 1 is 0.969 bits per heavy atom. The zero-order chi connectivity index (χ0) is 22.5. The minimum atomic E-state index is -0.233. The summed E-state index contributed by atoms with van der Waals surface area (Å²) in [7, 11) is 0. The normalized spacial score (nSPS) is 10.7. The molecule has 0 bridgehead atoms. The average Bonchev–Trinajstić information content (AvgIpc) is 3.22. The molecule has 4 rings (SSSR count). The maximum atomic E-state index is 12.6. The van der Waals surface area contributed by atoms with E-state index in [-0.39, 0.29) is 5.91 Å². The Morgan fingerprint density at radius 3 is 2.47 bits per heavy atom. The number of hydrogen-bond donors (Lipinski definition) is 1. The zero-order valence-corrected chi connectivity index (χ0v) is 19.9. The molecule has 0 aliphatic rings. The number of benzene rings is 3. The van der Waals surface area contributed by atoms with Crippen molar-refractivity contribution in [1.82, 2.24) is 9.78 Å². The summed E-state index contributed by atoms with van der Waals surface area (Å²) in [4.78, 5) is 12.6. The Morgan fingerprint density at radius 2 is 1.72 bits per heavy atom. The number of aromatic nitrogens is 2. The van der Waals surface area contributed by atoms with E-state index in [1.54, 1.807) is 41.2 Å². The van der Waals surface area contributed by atoms with Gasteiger partial charge in [-0.25, -0.2) is 0 Å². The van der Waals surface area contributed by atoms with Gasteiger partial charge < -0.3 is 10.1 Å². The van der Waals surface area contributed by atoms with Crippen molar-refractivity contribution in [3.63, 3.8) is 0 Å². The number of carbonyl (C=O) groups excluding carboxylic acids is 1. The molecule has 0 saturated heterocycles. The molecule has 8 heteroatoms. The third-order valence-corrected chi connectivity index (χ3v) is 6.05. The lowest BCUT2D eigenvalue weighted by molar-refractivity contribution is 0.102. The molecule has 5 nitrogen and oxygen atoms in total. The molecular formula is C24H18BrCl2N3O2. The molecule has 0 saturated carbocycles. The minimum Gasteiger partial charge on any atom is -0.488 e. The molecule has 0 unspecified atom stereocenters. The molecule has 1 aromatic heterocycles. The van der Waals surface area contributed by atoms with Crippen LogP contribution in [0.4, 0.5) is 5.82 Å². The van der Waals surface area contributed by atoms with E-state index < -0.39 is 0 Å². The summed E-state index contributed by atoms with van der Waals surface area (Å²) < 4.78 is 8.43. The summed E-state index contributed by atoms with van der Waals surface area (Å²) in [5, 5.41) is 8.21. The summed E-state index contributed by atoms with van der Waals surface area (Å²) in [6, 6.07) is 22.1. The van der Waals surface area contributed by atoms with Crippen LogP contribution < -0.4 is 10.1 Å². The number of hydrogen-bond acceptors (Lipinski definition) is 3. The highest BCUT2D eigenvalue weighted by Crippen LogP contribution is 2.25. The Hall–Kier alpha value is -2.80. The summed E-state index contributed by atoms with van der Waals surface area (Å²) in [5.74, 6) is 1.00. The van der Waals surface area contributed by atoms with E-state index in [9.17, 15) is 4.79 Å². The van der Waals surface area contributed by atoms with Gasteiger partial charge in [-0.1, -0.05) is 53.5 Å². The largest absolute Gasteiger partial charge is 0.488 e. The van der Waals surface area contributed by atoms with Crippen molar-refractivity contribution >= 4 is 50.9 Å². The SMILES string of the molecule is O=C(Nc1ccn(Cc2ccc(Cl)c(Cl)c2)n1)c1ccc(COc2ccccc2Br)cc1. The predicted octanol–water partition coefficient (Wildman–Crippen LogP) is 6.83. The van der Waals surface area contributed by atoms with Gasteiger partial charge in [0, 0.05) is 17.8 Å². The third-order valence-electron chi connectivity index (χ3n) is 4.66. The monoisotopic (exact) mass is 529 g/mol. The molecule has 0 aliphatic carbocycles. The lowest BCUT2D eigenvalue weighted by Crippen LogP contribution is -2.13. The standard InChI is InChI=1S/C24H18BrCl2N3O2/c25-19-3-1-2-4-22(19)32-15-16-5-8-18(9-6-16)24(31)28-23-11-12-30(29-23)14-17-7-10-20(26)21(27)13-17/h1-13H,14-15H2,(H,28,29,31). The Bertz CT molecular complexity index is 1240. The van der Waals surface area contributed by atoms with Gasteiger partial charge >= 0.3 is 0 Å². The van der Waals surface area contributed by atoms with E-state index in [2.05, 4.69) is 26.3 Å². The zero-order valence-electron chi connectivity index (χ0n) is 16.8. The van der Waals surface area contributed by atoms with Gasteiger partial charge in [0.15, 0.2) is 5.82 Å². The smallest absolute Gasteiger partial charge is 0.256 e. The molecule has 1 N–H and O–H groups in total. The summed E-state index contributed by atoms with van der Waals surface area (Å²) in [5.41, 5.74) is 2.46. The minimum absolute atomic E-state index is 0.233. The van der Waals surface area contributed by atoms with Crippen LogP contribution in [0.2, 0.25) is 10.0 Å².